The zero-order valence-corrected chi connectivity index (χ0v) is 10.2. The third-order valence-electron chi connectivity index (χ3n) is 3.21. The summed E-state index contributed by atoms with van der Waals surface area (Å²) in [4.78, 5) is 23.4. The van der Waals surface area contributed by atoms with E-state index in [0.717, 1.165) is 12.8 Å². The quantitative estimate of drug-likeness (QED) is 0.592. The van der Waals surface area contributed by atoms with Crippen LogP contribution in [0.25, 0.3) is 0 Å². The van der Waals surface area contributed by atoms with Gasteiger partial charge < -0.3 is 4.74 Å². The molecule has 1 fully saturated rings. The van der Waals surface area contributed by atoms with E-state index in [1.807, 2.05) is 6.92 Å². The van der Waals surface area contributed by atoms with Crippen LogP contribution in [0.15, 0.2) is 24.3 Å². The topological polar surface area (TPSA) is 43.4 Å². The summed E-state index contributed by atoms with van der Waals surface area (Å²) < 4.78 is 4.88. The van der Waals surface area contributed by atoms with E-state index < -0.39 is 0 Å². The largest absolute Gasteiger partial charge is 0.462 e. The van der Waals surface area contributed by atoms with Crippen LogP contribution in [-0.4, -0.2) is 18.4 Å². The molecule has 1 aromatic carbocycles. The van der Waals surface area contributed by atoms with Crippen molar-refractivity contribution in [1.82, 2.24) is 0 Å². The number of carbonyl (C=O) groups excluding carboxylic acids is 2. The van der Waals surface area contributed by atoms with E-state index in [0.29, 0.717) is 17.7 Å². The maximum absolute atomic E-state index is 12.0. The summed E-state index contributed by atoms with van der Waals surface area (Å²) in [6.45, 7) is 4.11. The van der Waals surface area contributed by atoms with Gasteiger partial charge in [0.05, 0.1) is 12.2 Å². The number of ketones is 1. The lowest BCUT2D eigenvalue weighted by Crippen LogP contribution is -2.12. The van der Waals surface area contributed by atoms with Crippen LogP contribution >= 0.6 is 0 Å². The average molecular weight is 232 g/mol. The summed E-state index contributed by atoms with van der Waals surface area (Å²) in [6.07, 6.45) is 1.93. The third-order valence-corrected chi connectivity index (χ3v) is 3.21. The molecule has 1 saturated carbocycles. The van der Waals surface area contributed by atoms with Crippen LogP contribution in [0, 0.1) is 5.41 Å². The van der Waals surface area contributed by atoms with Gasteiger partial charge >= 0.3 is 5.97 Å². The highest BCUT2D eigenvalue weighted by molar-refractivity contribution is 6.02. The first-order chi connectivity index (χ1) is 8.07. The fraction of sp³-hybridized carbons (Fsp3) is 0.429. The first-order valence-corrected chi connectivity index (χ1v) is 5.89. The van der Waals surface area contributed by atoms with Gasteiger partial charge in [0, 0.05) is 11.0 Å². The fourth-order valence-corrected chi connectivity index (χ4v) is 1.74. The van der Waals surface area contributed by atoms with Gasteiger partial charge in [-0.05, 0) is 31.9 Å². The molecule has 0 aliphatic heterocycles. The van der Waals surface area contributed by atoms with Gasteiger partial charge in [0.25, 0.3) is 0 Å². The summed E-state index contributed by atoms with van der Waals surface area (Å²) in [5.74, 6) is -0.169. The van der Waals surface area contributed by atoms with E-state index in [1.165, 1.54) is 0 Å². The highest BCUT2D eigenvalue weighted by Gasteiger charge is 2.44. The Morgan fingerprint density at radius 2 is 1.71 bits per heavy atom. The minimum atomic E-state index is -0.343. The number of hydrogen-bond acceptors (Lipinski definition) is 3. The van der Waals surface area contributed by atoms with Crippen molar-refractivity contribution in [3.63, 3.8) is 0 Å². The van der Waals surface area contributed by atoms with Gasteiger partial charge in [-0.3, -0.25) is 4.79 Å². The number of carbonyl (C=O) groups is 2. The van der Waals surface area contributed by atoms with Crippen LogP contribution in [0.3, 0.4) is 0 Å². The van der Waals surface area contributed by atoms with Crippen LogP contribution in [-0.2, 0) is 4.74 Å². The minimum Gasteiger partial charge on any atom is -0.462 e. The van der Waals surface area contributed by atoms with Gasteiger partial charge in [0.15, 0.2) is 5.78 Å². The van der Waals surface area contributed by atoms with E-state index in [-0.39, 0.29) is 17.2 Å². The molecule has 0 aromatic heterocycles. The molecule has 2 rings (SSSR count). The van der Waals surface area contributed by atoms with Crippen molar-refractivity contribution in [1.29, 1.82) is 0 Å². The second-order valence-electron chi connectivity index (χ2n) is 4.69. The second-order valence-corrected chi connectivity index (χ2v) is 4.69. The van der Waals surface area contributed by atoms with Crippen molar-refractivity contribution >= 4 is 11.8 Å². The molecule has 3 nitrogen and oxygen atoms in total. The van der Waals surface area contributed by atoms with Crippen molar-refractivity contribution in [2.24, 2.45) is 5.41 Å². The molecule has 17 heavy (non-hydrogen) atoms. The molecule has 3 heteroatoms. The van der Waals surface area contributed by atoms with Gasteiger partial charge in [-0.15, -0.1) is 0 Å². The van der Waals surface area contributed by atoms with Crippen molar-refractivity contribution in [2.45, 2.75) is 26.7 Å². The molecule has 0 atom stereocenters. The molecule has 0 spiro atoms. The molecule has 0 unspecified atom stereocenters. The molecule has 0 amide bonds. The molecule has 0 bridgehead atoms. The fourth-order valence-electron chi connectivity index (χ4n) is 1.74. The van der Waals surface area contributed by atoms with Crippen LogP contribution in [0.2, 0.25) is 0 Å². The maximum atomic E-state index is 12.0. The van der Waals surface area contributed by atoms with Crippen LogP contribution in [0.4, 0.5) is 0 Å². The van der Waals surface area contributed by atoms with E-state index >= 15 is 0 Å². The summed E-state index contributed by atoms with van der Waals surface area (Å²) in [7, 11) is 0. The zero-order valence-electron chi connectivity index (χ0n) is 10.2. The molecular formula is C14H16O3. The minimum absolute atomic E-state index is 0.161. The Hall–Kier alpha value is -1.64. The normalized spacial score (nSPS) is 16.4. The van der Waals surface area contributed by atoms with Gasteiger partial charge in [0.2, 0.25) is 0 Å². The number of rotatable bonds is 4. The Labute approximate surface area is 101 Å². The van der Waals surface area contributed by atoms with Crippen LogP contribution < -0.4 is 0 Å². The molecule has 0 saturated heterocycles. The molecule has 0 heterocycles. The summed E-state index contributed by atoms with van der Waals surface area (Å²) >= 11 is 0. The van der Waals surface area contributed by atoms with Gasteiger partial charge in [-0.2, -0.15) is 0 Å². The average Bonchev–Trinajstić information content (AvgIpc) is 3.08. The monoisotopic (exact) mass is 232 g/mol. The highest BCUT2D eigenvalue weighted by atomic mass is 16.5. The molecule has 1 aromatic rings. The first kappa shape index (κ1) is 11.8. The Bertz CT molecular complexity index is 441. The number of benzene rings is 1. The first-order valence-electron chi connectivity index (χ1n) is 5.89. The number of Topliss-reactive ketones (excluding diaryl/α,β-unsaturated/α-hetero) is 1. The van der Waals surface area contributed by atoms with Crippen molar-refractivity contribution in [2.75, 3.05) is 6.61 Å². The zero-order chi connectivity index (χ0) is 12.5. The van der Waals surface area contributed by atoms with Crippen LogP contribution in [0.5, 0.6) is 0 Å². The number of ether oxygens (including phenoxy) is 1. The summed E-state index contributed by atoms with van der Waals surface area (Å²) in [5, 5.41) is 0. The summed E-state index contributed by atoms with van der Waals surface area (Å²) in [5.41, 5.74) is 1.01. The molecule has 90 valence electrons. The third kappa shape index (κ3) is 2.38. The lowest BCUT2D eigenvalue weighted by atomic mass is 9.96. The Balaban J connectivity index is 2.13. The van der Waals surface area contributed by atoms with Crippen molar-refractivity contribution in [3.05, 3.63) is 35.4 Å². The number of hydrogen-bond donors (Lipinski definition) is 0. The SMILES string of the molecule is CCOC(=O)c1ccc(C(=O)C2(C)CC2)cc1. The Morgan fingerprint density at radius 3 is 2.18 bits per heavy atom. The van der Waals surface area contributed by atoms with E-state index in [2.05, 4.69) is 0 Å². The van der Waals surface area contributed by atoms with E-state index in [4.69, 9.17) is 4.74 Å². The number of esters is 1. The van der Waals surface area contributed by atoms with Crippen molar-refractivity contribution in [3.8, 4) is 0 Å². The molecule has 1 aliphatic rings. The van der Waals surface area contributed by atoms with Gasteiger partial charge in [0.1, 0.15) is 0 Å². The lowest BCUT2D eigenvalue weighted by Gasteiger charge is -2.07. The predicted octanol–water partition coefficient (Wildman–Crippen LogP) is 2.85. The Kier molecular flexibility index (Phi) is 3.01. The molecule has 1 aliphatic carbocycles. The maximum Gasteiger partial charge on any atom is 0.338 e. The lowest BCUT2D eigenvalue weighted by molar-refractivity contribution is 0.0526. The van der Waals surface area contributed by atoms with Gasteiger partial charge in [-0.25, -0.2) is 4.79 Å². The molecule has 0 radical (unpaired) electrons. The van der Waals surface area contributed by atoms with E-state index in [1.54, 1.807) is 31.2 Å². The van der Waals surface area contributed by atoms with E-state index in [9.17, 15) is 9.59 Å². The Morgan fingerprint density at radius 1 is 1.18 bits per heavy atom. The van der Waals surface area contributed by atoms with Crippen LogP contribution in [0.1, 0.15) is 47.4 Å². The smallest absolute Gasteiger partial charge is 0.338 e. The summed E-state index contributed by atoms with van der Waals surface area (Å²) in [6, 6.07) is 6.71. The van der Waals surface area contributed by atoms with Gasteiger partial charge in [-0.1, -0.05) is 19.1 Å². The molecule has 0 N–H and O–H groups in total. The highest BCUT2D eigenvalue weighted by Crippen LogP contribution is 2.47. The standard InChI is InChI=1S/C14H16O3/c1-3-17-13(16)11-6-4-10(5-7-11)12(15)14(2)8-9-14/h4-7H,3,8-9H2,1-2H3. The van der Waals surface area contributed by atoms with Crippen molar-refractivity contribution < 1.29 is 14.3 Å². The predicted molar refractivity (Wildman–Crippen MR) is 64.1 cm³/mol. The second kappa shape index (κ2) is 4.32. The molecular weight excluding hydrogens is 216 g/mol.